The van der Waals surface area contributed by atoms with Gasteiger partial charge < -0.3 is 15.2 Å². The van der Waals surface area contributed by atoms with Gasteiger partial charge in [0.2, 0.25) is 5.88 Å². The molecule has 0 atom stereocenters. The van der Waals surface area contributed by atoms with Crippen LogP contribution in [0.5, 0.6) is 5.88 Å². The molecule has 7 heteroatoms. The van der Waals surface area contributed by atoms with Crippen LogP contribution in [0.1, 0.15) is 35.0 Å². The fraction of sp³-hybridized carbons (Fsp3) is 0.455. The number of nitrogens with zero attached hydrogens (tertiary/aromatic N) is 1. The van der Waals surface area contributed by atoms with Crippen LogP contribution < -0.4 is 10.5 Å². The van der Waals surface area contributed by atoms with Crippen molar-refractivity contribution < 1.29 is 23.0 Å². The first-order valence-electron chi connectivity index (χ1n) is 5.28. The molecular formula is C11H14F2N2O3. The van der Waals surface area contributed by atoms with Gasteiger partial charge in [-0.3, -0.25) is 0 Å². The minimum absolute atomic E-state index is 0.0150. The molecule has 1 heterocycles. The van der Waals surface area contributed by atoms with Crippen molar-refractivity contribution in [3.63, 3.8) is 0 Å². The normalized spacial score (nSPS) is 10.6. The van der Waals surface area contributed by atoms with Crippen molar-refractivity contribution in [2.75, 3.05) is 13.7 Å². The number of hydrogen-bond donors (Lipinski definition) is 1. The largest absolute Gasteiger partial charge is 0.481 e. The summed E-state index contributed by atoms with van der Waals surface area (Å²) in [6.45, 7) is 1.50. The number of methoxy groups -OCH3 is 1. The molecule has 1 aromatic heterocycles. The average molecular weight is 260 g/mol. The minimum atomic E-state index is -2.84. The van der Waals surface area contributed by atoms with Crippen LogP contribution in [0.2, 0.25) is 0 Å². The molecule has 0 fully saturated rings. The van der Waals surface area contributed by atoms with Crippen LogP contribution in [0, 0.1) is 0 Å². The van der Waals surface area contributed by atoms with Crippen LogP contribution in [0.3, 0.4) is 0 Å². The van der Waals surface area contributed by atoms with Gasteiger partial charge in [0.25, 0.3) is 6.43 Å². The lowest BCUT2D eigenvalue weighted by Crippen LogP contribution is -2.16. The van der Waals surface area contributed by atoms with Crippen molar-refractivity contribution in [3.05, 3.63) is 22.9 Å². The van der Waals surface area contributed by atoms with Gasteiger partial charge in [0.05, 0.1) is 25.0 Å². The number of alkyl halides is 2. The second-order valence-corrected chi connectivity index (χ2v) is 3.30. The molecule has 0 aromatic carbocycles. The lowest BCUT2D eigenvalue weighted by atomic mass is 10.1. The number of nitrogens with two attached hydrogens (primary N) is 1. The third-order valence-electron chi connectivity index (χ3n) is 2.22. The van der Waals surface area contributed by atoms with Crippen LogP contribution >= 0.6 is 0 Å². The molecule has 0 radical (unpaired) electrons. The Balaban J connectivity index is 3.39. The fourth-order valence-electron chi connectivity index (χ4n) is 1.46. The molecule has 0 aliphatic carbocycles. The smallest absolute Gasteiger partial charge is 0.340 e. The molecule has 0 aliphatic rings. The zero-order valence-corrected chi connectivity index (χ0v) is 10.1. The molecule has 0 spiro atoms. The summed E-state index contributed by atoms with van der Waals surface area (Å²) in [7, 11) is 1.29. The number of pyridine rings is 1. The van der Waals surface area contributed by atoms with Gasteiger partial charge in [-0.15, -0.1) is 0 Å². The van der Waals surface area contributed by atoms with Gasteiger partial charge in [-0.1, -0.05) is 0 Å². The highest BCUT2D eigenvalue weighted by Gasteiger charge is 2.25. The number of rotatable bonds is 5. The Morgan fingerprint density at radius 1 is 1.56 bits per heavy atom. The van der Waals surface area contributed by atoms with E-state index in [1.165, 1.54) is 7.11 Å². The van der Waals surface area contributed by atoms with Crippen molar-refractivity contribution >= 4 is 5.97 Å². The maximum atomic E-state index is 12.9. The van der Waals surface area contributed by atoms with E-state index in [-0.39, 0.29) is 30.3 Å². The summed E-state index contributed by atoms with van der Waals surface area (Å²) in [5.74, 6) is -0.873. The number of carbonyl (C=O) groups excluding carboxylic acids is 1. The Morgan fingerprint density at radius 2 is 2.22 bits per heavy atom. The molecule has 0 unspecified atom stereocenters. The van der Waals surface area contributed by atoms with E-state index in [2.05, 4.69) is 4.98 Å². The van der Waals surface area contributed by atoms with Crippen molar-refractivity contribution in [2.45, 2.75) is 19.9 Å². The Morgan fingerprint density at radius 3 is 2.67 bits per heavy atom. The number of ether oxygens (including phenoxy) is 2. The predicted octanol–water partition coefficient (Wildman–Crippen LogP) is 1.66. The molecule has 0 saturated carbocycles. The van der Waals surface area contributed by atoms with E-state index >= 15 is 0 Å². The lowest BCUT2D eigenvalue weighted by Gasteiger charge is -2.13. The van der Waals surface area contributed by atoms with E-state index in [0.717, 1.165) is 6.07 Å². The molecule has 0 amide bonds. The first kappa shape index (κ1) is 14.3. The maximum Gasteiger partial charge on any atom is 0.340 e. The summed E-state index contributed by atoms with van der Waals surface area (Å²) in [5, 5.41) is 0. The topological polar surface area (TPSA) is 74.4 Å². The van der Waals surface area contributed by atoms with Crippen LogP contribution in [-0.4, -0.2) is 24.7 Å². The Kier molecular flexibility index (Phi) is 4.96. The standard InChI is InChI=1S/C11H14F2N2O3/c1-3-18-11(16)9-6(10(12)13)4-8(17-2)15-7(9)5-14/h4,10H,3,5,14H2,1-2H3. The van der Waals surface area contributed by atoms with Gasteiger partial charge in [-0.2, -0.15) is 0 Å². The SMILES string of the molecule is CCOC(=O)c1c(C(F)F)cc(OC)nc1CN. The van der Waals surface area contributed by atoms with Crippen molar-refractivity contribution in [2.24, 2.45) is 5.73 Å². The Bertz CT molecular complexity index is 439. The summed E-state index contributed by atoms with van der Waals surface area (Å²) < 4.78 is 35.4. The summed E-state index contributed by atoms with van der Waals surface area (Å²) in [4.78, 5) is 15.5. The first-order valence-corrected chi connectivity index (χ1v) is 5.28. The predicted molar refractivity (Wildman–Crippen MR) is 59.6 cm³/mol. The molecule has 0 bridgehead atoms. The summed E-state index contributed by atoms with van der Waals surface area (Å²) in [6, 6.07) is 1.01. The molecule has 2 N–H and O–H groups in total. The summed E-state index contributed by atoms with van der Waals surface area (Å²) in [6.07, 6.45) is -2.84. The van der Waals surface area contributed by atoms with Crippen LogP contribution in [-0.2, 0) is 11.3 Å². The Labute approximate surface area is 103 Å². The zero-order chi connectivity index (χ0) is 13.7. The van der Waals surface area contributed by atoms with Gasteiger partial charge in [0.1, 0.15) is 0 Å². The molecule has 0 saturated heterocycles. The second kappa shape index (κ2) is 6.25. The number of hydrogen-bond acceptors (Lipinski definition) is 5. The lowest BCUT2D eigenvalue weighted by molar-refractivity contribution is 0.0513. The van der Waals surface area contributed by atoms with Crippen LogP contribution in [0.4, 0.5) is 8.78 Å². The monoisotopic (exact) mass is 260 g/mol. The number of aromatic nitrogens is 1. The molecule has 0 aliphatic heterocycles. The van der Waals surface area contributed by atoms with E-state index in [1.54, 1.807) is 6.92 Å². The third kappa shape index (κ3) is 2.92. The third-order valence-corrected chi connectivity index (χ3v) is 2.22. The molecule has 100 valence electrons. The van der Waals surface area contributed by atoms with Gasteiger partial charge in [-0.25, -0.2) is 18.6 Å². The molecule has 1 rings (SSSR count). The Hall–Kier alpha value is -1.76. The van der Waals surface area contributed by atoms with Gasteiger partial charge in [0, 0.05) is 18.2 Å². The first-order chi connectivity index (χ1) is 8.54. The van der Waals surface area contributed by atoms with Crippen LogP contribution in [0.25, 0.3) is 0 Å². The van der Waals surface area contributed by atoms with E-state index in [9.17, 15) is 13.6 Å². The van der Waals surface area contributed by atoms with E-state index < -0.39 is 18.0 Å². The number of carbonyl (C=O) groups is 1. The molecule has 5 nitrogen and oxygen atoms in total. The van der Waals surface area contributed by atoms with Crippen LogP contribution in [0.15, 0.2) is 6.07 Å². The molecule has 18 heavy (non-hydrogen) atoms. The average Bonchev–Trinajstić information content (AvgIpc) is 2.37. The molecular weight excluding hydrogens is 246 g/mol. The van der Waals surface area contributed by atoms with E-state index in [4.69, 9.17) is 15.2 Å². The van der Waals surface area contributed by atoms with Crippen molar-refractivity contribution in [3.8, 4) is 5.88 Å². The quantitative estimate of drug-likeness (QED) is 0.815. The van der Waals surface area contributed by atoms with Crippen molar-refractivity contribution in [1.82, 2.24) is 4.98 Å². The summed E-state index contributed by atoms with van der Waals surface area (Å²) in [5.41, 5.74) is 4.67. The number of halogens is 2. The highest BCUT2D eigenvalue weighted by Crippen LogP contribution is 2.28. The van der Waals surface area contributed by atoms with Gasteiger partial charge in [0.15, 0.2) is 0 Å². The minimum Gasteiger partial charge on any atom is -0.481 e. The highest BCUT2D eigenvalue weighted by atomic mass is 19.3. The second-order valence-electron chi connectivity index (χ2n) is 3.30. The zero-order valence-electron chi connectivity index (χ0n) is 10.1. The summed E-state index contributed by atoms with van der Waals surface area (Å²) >= 11 is 0. The number of esters is 1. The van der Waals surface area contributed by atoms with Crippen molar-refractivity contribution in [1.29, 1.82) is 0 Å². The van der Waals surface area contributed by atoms with Gasteiger partial charge >= 0.3 is 5.97 Å². The van der Waals surface area contributed by atoms with E-state index in [1.807, 2.05) is 0 Å². The molecule has 1 aromatic rings. The van der Waals surface area contributed by atoms with E-state index in [0.29, 0.717) is 0 Å². The fourth-order valence-corrected chi connectivity index (χ4v) is 1.46. The highest BCUT2D eigenvalue weighted by molar-refractivity contribution is 5.92. The van der Waals surface area contributed by atoms with Gasteiger partial charge in [-0.05, 0) is 6.92 Å². The maximum absolute atomic E-state index is 12.9.